The summed E-state index contributed by atoms with van der Waals surface area (Å²) in [7, 11) is 0. The number of ether oxygens (including phenoxy) is 2. The van der Waals surface area contributed by atoms with Crippen LogP contribution < -0.4 is 21.2 Å². The first kappa shape index (κ1) is 25.9. The van der Waals surface area contributed by atoms with Gasteiger partial charge in [0.1, 0.15) is 29.0 Å². The highest BCUT2D eigenvalue weighted by atomic mass is 16.6. The van der Waals surface area contributed by atoms with Gasteiger partial charge in [-0.05, 0) is 82.3 Å². The lowest BCUT2D eigenvalue weighted by Crippen LogP contribution is -2.58. The molecular weight excluding hydrogens is 482 g/mol. The summed E-state index contributed by atoms with van der Waals surface area (Å²) < 4.78 is 11.5. The van der Waals surface area contributed by atoms with Crippen molar-refractivity contribution in [1.82, 2.24) is 20.7 Å². The van der Waals surface area contributed by atoms with Crippen molar-refractivity contribution >= 4 is 17.7 Å². The van der Waals surface area contributed by atoms with E-state index < -0.39 is 11.5 Å². The molecule has 2 unspecified atom stereocenters. The molecule has 0 radical (unpaired) electrons. The van der Waals surface area contributed by atoms with Crippen LogP contribution in [0.3, 0.4) is 0 Å². The summed E-state index contributed by atoms with van der Waals surface area (Å²) in [6.07, 6.45) is 2.40. The van der Waals surface area contributed by atoms with E-state index in [2.05, 4.69) is 10.7 Å². The number of piperidine rings is 1. The number of primary amides is 1. The smallest absolute Gasteiger partial charge is 0.410 e. The summed E-state index contributed by atoms with van der Waals surface area (Å²) in [5, 5.41) is 5.54. The number of amides is 2. The second kappa shape index (κ2) is 10.6. The van der Waals surface area contributed by atoms with Crippen molar-refractivity contribution in [1.29, 1.82) is 0 Å². The number of carbonyl (C=O) groups is 2. The fraction of sp³-hybridized carbons (Fsp3) is 0.448. The fourth-order valence-electron chi connectivity index (χ4n) is 5.63. The summed E-state index contributed by atoms with van der Waals surface area (Å²) in [5.74, 6) is 1.70. The zero-order chi connectivity index (χ0) is 26.9. The zero-order valence-electron chi connectivity index (χ0n) is 22.3. The first-order chi connectivity index (χ1) is 18.2. The number of hydrogen-bond acceptors (Lipinski definition) is 7. The van der Waals surface area contributed by atoms with Crippen molar-refractivity contribution in [3.05, 3.63) is 65.9 Å². The molecular formula is C29H37N5O4. The van der Waals surface area contributed by atoms with Crippen LogP contribution in [0.2, 0.25) is 0 Å². The molecule has 2 saturated heterocycles. The molecule has 3 aliphatic rings. The van der Waals surface area contributed by atoms with Crippen LogP contribution in [0.15, 0.2) is 60.3 Å². The number of nitrogens with two attached hydrogens (primary N) is 1. The molecule has 38 heavy (non-hydrogen) atoms. The topological polar surface area (TPSA) is 109 Å². The van der Waals surface area contributed by atoms with Crippen molar-refractivity contribution in [2.45, 2.75) is 51.8 Å². The molecule has 3 aliphatic heterocycles. The van der Waals surface area contributed by atoms with Crippen molar-refractivity contribution in [2.75, 3.05) is 19.6 Å². The van der Waals surface area contributed by atoms with Gasteiger partial charge in [0.05, 0.1) is 5.70 Å². The van der Waals surface area contributed by atoms with Crippen LogP contribution in [0.5, 0.6) is 11.5 Å². The minimum absolute atomic E-state index is 0.0976. The average molecular weight is 520 g/mol. The van der Waals surface area contributed by atoms with E-state index in [-0.39, 0.29) is 12.3 Å². The molecule has 0 aromatic heterocycles. The molecule has 5 rings (SSSR count). The predicted molar refractivity (Wildman–Crippen MR) is 144 cm³/mol. The Morgan fingerprint density at radius 1 is 0.947 bits per heavy atom. The molecule has 0 saturated carbocycles. The number of benzene rings is 2. The standard InChI is InChI=1S/C29H37N5O4/c1-29(2,3)38-28(36)33-17-14-19(15-18-33)23-13-16-31-34-25(26(30)35)24(32-27(23)34)20-9-11-22(12-10-20)37-21-7-5-4-6-8-21/h4-12,19,23,27,31-32H,13-18H2,1-3H3,(H2,30,35). The number of rotatable bonds is 5. The Balaban J connectivity index is 1.28. The molecule has 202 valence electrons. The third-order valence-corrected chi connectivity index (χ3v) is 7.37. The van der Waals surface area contributed by atoms with Gasteiger partial charge in [-0.1, -0.05) is 18.2 Å². The van der Waals surface area contributed by atoms with E-state index >= 15 is 0 Å². The largest absolute Gasteiger partial charge is 0.457 e. The van der Waals surface area contributed by atoms with Gasteiger partial charge in [0.2, 0.25) is 0 Å². The van der Waals surface area contributed by atoms with Gasteiger partial charge < -0.3 is 25.4 Å². The first-order valence-corrected chi connectivity index (χ1v) is 13.3. The van der Waals surface area contributed by atoms with Crippen molar-refractivity contribution < 1.29 is 19.1 Å². The van der Waals surface area contributed by atoms with Crippen LogP contribution in [0.25, 0.3) is 5.70 Å². The summed E-state index contributed by atoms with van der Waals surface area (Å²) in [5.41, 5.74) is 10.8. The molecule has 9 nitrogen and oxygen atoms in total. The van der Waals surface area contributed by atoms with Gasteiger partial charge in [0.25, 0.3) is 5.91 Å². The molecule has 2 aromatic carbocycles. The quantitative estimate of drug-likeness (QED) is 0.547. The Hall–Kier alpha value is -3.72. The third-order valence-electron chi connectivity index (χ3n) is 7.37. The molecule has 3 heterocycles. The van der Waals surface area contributed by atoms with Crippen LogP contribution in [0.4, 0.5) is 4.79 Å². The van der Waals surface area contributed by atoms with E-state index in [4.69, 9.17) is 15.2 Å². The van der Waals surface area contributed by atoms with Crippen molar-refractivity contribution in [3.8, 4) is 11.5 Å². The minimum Gasteiger partial charge on any atom is -0.457 e. The number of hydrogen-bond donors (Lipinski definition) is 3. The van der Waals surface area contributed by atoms with Gasteiger partial charge in [-0.25, -0.2) is 10.2 Å². The zero-order valence-corrected chi connectivity index (χ0v) is 22.3. The SMILES string of the molecule is CC(C)(C)OC(=O)N1CCC(C2CCNN3C(C(N)=O)=C(c4ccc(Oc5ccccc5)cc4)NC23)CC1. The van der Waals surface area contributed by atoms with E-state index in [9.17, 15) is 9.59 Å². The average Bonchev–Trinajstić information content (AvgIpc) is 3.29. The first-order valence-electron chi connectivity index (χ1n) is 13.3. The van der Waals surface area contributed by atoms with Crippen molar-refractivity contribution in [3.63, 3.8) is 0 Å². The number of likely N-dealkylation sites (tertiary alicyclic amines) is 1. The lowest BCUT2D eigenvalue weighted by Gasteiger charge is -2.44. The highest BCUT2D eigenvalue weighted by Crippen LogP contribution is 2.39. The number of nitrogens with one attached hydrogen (secondary N) is 2. The van der Waals surface area contributed by atoms with Crippen LogP contribution in [-0.4, -0.2) is 53.3 Å². The molecule has 2 aromatic rings. The molecule has 2 amide bonds. The monoisotopic (exact) mass is 519 g/mol. The summed E-state index contributed by atoms with van der Waals surface area (Å²) in [6.45, 7) is 7.75. The molecule has 0 aliphatic carbocycles. The van der Waals surface area contributed by atoms with Gasteiger partial charge in [0.15, 0.2) is 0 Å². The molecule has 4 N–H and O–H groups in total. The Morgan fingerprint density at radius 3 is 2.24 bits per heavy atom. The van der Waals surface area contributed by atoms with Gasteiger partial charge in [-0.15, -0.1) is 0 Å². The Labute approximate surface area is 223 Å². The molecule has 0 bridgehead atoms. The number of fused-ring (bicyclic) bond motifs is 1. The van der Waals surface area contributed by atoms with E-state index in [0.29, 0.717) is 36.4 Å². The van der Waals surface area contributed by atoms with Crippen LogP contribution in [0, 0.1) is 11.8 Å². The number of para-hydroxylation sites is 1. The highest BCUT2D eigenvalue weighted by molar-refractivity contribution is 6.00. The molecule has 2 fully saturated rings. The second-order valence-electron chi connectivity index (χ2n) is 11.2. The maximum atomic E-state index is 12.6. The maximum absolute atomic E-state index is 12.6. The van der Waals surface area contributed by atoms with Gasteiger partial charge >= 0.3 is 6.09 Å². The van der Waals surface area contributed by atoms with Gasteiger partial charge in [-0.2, -0.15) is 0 Å². The molecule has 2 atom stereocenters. The fourth-order valence-corrected chi connectivity index (χ4v) is 5.63. The van der Waals surface area contributed by atoms with E-state index in [1.165, 1.54) is 0 Å². The second-order valence-corrected chi connectivity index (χ2v) is 11.2. The van der Waals surface area contributed by atoms with E-state index in [1.54, 1.807) is 4.90 Å². The Kier molecular flexibility index (Phi) is 7.21. The Bertz CT molecular complexity index is 1180. The predicted octanol–water partition coefficient (Wildman–Crippen LogP) is 4.04. The highest BCUT2D eigenvalue weighted by Gasteiger charge is 2.45. The maximum Gasteiger partial charge on any atom is 0.410 e. The lowest BCUT2D eigenvalue weighted by atomic mass is 9.79. The van der Waals surface area contributed by atoms with Crippen LogP contribution in [0.1, 0.15) is 45.6 Å². The normalized spacial score (nSPS) is 22.1. The van der Waals surface area contributed by atoms with Crippen molar-refractivity contribution in [2.24, 2.45) is 17.6 Å². The summed E-state index contributed by atoms with van der Waals surface area (Å²) in [4.78, 5) is 27.0. The summed E-state index contributed by atoms with van der Waals surface area (Å²) >= 11 is 0. The van der Waals surface area contributed by atoms with Crippen LogP contribution in [-0.2, 0) is 9.53 Å². The summed E-state index contributed by atoms with van der Waals surface area (Å²) in [6, 6.07) is 17.3. The molecule has 0 spiro atoms. The number of nitrogens with zero attached hydrogens (tertiary/aromatic N) is 2. The van der Waals surface area contributed by atoms with E-state index in [0.717, 1.165) is 42.8 Å². The lowest BCUT2D eigenvalue weighted by molar-refractivity contribution is -0.117. The van der Waals surface area contributed by atoms with E-state index in [1.807, 2.05) is 80.4 Å². The number of hydrazine groups is 1. The van der Waals surface area contributed by atoms with Gasteiger partial charge in [0, 0.05) is 31.1 Å². The van der Waals surface area contributed by atoms with Gasteiger partial charge in [-0.3, -0.25) is 9.80 Å². The minimum atomic E-state index is -0.504. The third kappa shape index (κ3) is 5.57. The number of carbonyl (C=O) groups excluding carboxylic acids is 2. The molecule has 9 heteroatoms. The van der Waals surface area contributed by atoms with Crippen LogP contribution >= 0.6 is 0 Å². The Morgan fingerprint density at radius 2 is 1.61 bits per heavy atom.